The summed E-state index contributed by atoms with van der Waals surface area (Å²) in [5, 5.41) is 0. The van der Waals surface area contributed by atoms with E-state index in [4.69, 9.17) is 11.6 Å². The number of hydrogen-bond acceptors (Lipinski definition) is 1. The molecular weight excluding hydrogens is 292 g/mol. The lowest BCUT2D eigenvalue weighted by molar-refractivity contribution is 0.709. The smallest absolute Gasteiger partial charge is 0.0311 e. The van der Waals surface area contributed by atoms with Gasteiger partial charge in [-0.15, -0.1) is 23.4 Å². The molecule has 0 aliphatic heterocycles. The number of alkyl halides is 1. The molecule has 0 fully saturated rings. The van der Waals surface area contributed by atoms with E-state index in [0.29, 0.717) is 0 Å². The second kappa shape index (κ2) is 8.49. The van der Waals surface area contributed by atoms with Crippen LogP contribution in [0.1, 0.15) is 25.7 Å². The molecule has 1 aromatic carbocycles. The lowest BCUT2D eigenvalue weighted by atomic mass is 10.2. The molecule has 0 heterocycles. The summed E-state index contributed by atoms with van der Waals surface area (Å²) < 4.78 is 1.20. The Morgan fingerprint density at radius 3 is 2.53 bits per heavy atom. The van der Waals surface area contributed by atoms with Gasteiger partial charge < -0.3 is 0 Å². The molecule has 0 aromatic heterocycles. The van der Waals surface area contributed by atoms with Crippen LogP contribution in [-0.2, 0) is 0 Å². The van der Waals surface area contributed by atoms with Crippen molar-refractivity contribution in [3.63, 3.8) is 0 Å². The van der Waals surface area contributed by atoms with Gasteiger partial charge >= 0.3 is 0 Å². The van der Waals surface area contributed by atoms with Gasteiger partial charge in [0.2, 0.25) is 0 Å². The maximum atomic E-state index is 5.62. The van der Waals surface area contributed by atoms with E-state index in [0.717, 1.165) is 12.3 Å². The first-order valence-electron chi connectivity index (χ1n) is 5.28. The maximum absolute atomic E-state index is 5.62. The van der Waals surface area contributed by atoms with E-state index in [1.54, 1.807) is 0 Å². The molecule has 0 aliphatic rings. The number of halogens is 2. The van der Waals surface area contributed by atoms with Gasteiger partial charge in [-0.25, -0.2) is 0 Å². The van der Waals surface area contributed by atoms with Crippen molar-refractivity contribution in [2.45, 2.75) is 30.6 Å². The van der Waals surface area contributed by atoms with Gasteiger partial charge in [-0.3, -0.25) is 0 Å². The number of unbranched alkanes of at least 4 members (excludes halogenated alkanes) is 3. The minimum absolute atomic E-state index is 0.803. The van der Waals surface area contributed by atoms with Gasteiger partial charge in [0, 0.05) is 15.2 Å². The fraction of sp³-hybridized carbons (Fsp3) is 0.500. The van der Waals surface area contributed by atoms with Crippen molar-refractivity contribution >= 4 is 39.3 Å². The fourth-order valence-electron chi connectivity index (χ4n) is 1.29. The lowest BCUT2D eigenvalue weighted by Crippen LogP contribution is -1.83. The summed E-state index contributed by atoms with van der Waals surface area (Å²) in [5.41, 5.74) is 0. The predicted octanol–water partition coefficient (Wildman–Crippen LogP) is 5.34. The monoisotopic (exact) mass is 306 g/mol. The third-order valence-corrected chi connectivity index (χ3v) is 4.50. The summed E-state index contributed by atoms with van der Waals surface area (Å²) in [6.07, 6.45) is 4.99. The first kappa shape index (κ1) is 13.4. The molecule has 0 aliphatic carbocycles. The minimum Gasteiger partial charge on any atom is -0.127 e. The lowest BCUT2D eigenvalue weighted by Gasteiger charge is -2.03. The van der Waals surface area contributed by atoms with Crippen LogP contribution in [0.5, 0.6) is 0 Å². The Balaban J connectivity index is 2.12. The molecule has 0 nitrogen and oxygen atoms in total. The van der Waals surface area contributed by atoms with Crippen LogP contribution < -0.4 is 0 Å². The van der Waals surface area contributed by atoms with E-state index in [1.807, 2.05) is 11.8 Å². The summed E-state index contributed by atoms with van der Waals surface area (Å²) in [6.45, 7) is 0. The van der Waals surface area contributed by atoms with E-state index in [9.17, 15) is 0 Å². The number of benzene rings is 1. The molecule has 0 radical (unpaired) electrons. The molecule has 3 heteroatoms. The van der Waals surface area contributed by atoms with E-state index in [1.165, 1.54) is 34.4 Å². The van der Waals surface area contributed by atoms with E-state index in [-0.39, 0.29) is 0 Å². The molecule has 0 bridgehead atoms. The molecule has 0 saturated heterocycles. The molecule has 0 atom stereocenters. The average molecular weight is 308 g/mol. The summed E-state index contributed by atoms with van der Waals surface area (Å²) in [5.74, 6) is 2.00. The summed E-state index contributed by atoms with van der Waals surface area (Å²) in [6, 6.07) is 8.39. The molecule has 15 heavy (non-hydrogen) atoms. The van der Waals surface area contributed by atoms with Crippen LogP contribution >= 0.6 is 39.3 Å². The highest BCUT2D eigenvalue weighted by molar-refractivity contribution is 9.10. The first-order chi connectivity index (χ1) is 7.34. The van der Waals surface area contributed by atoms with E-state index < -0.39 is 0 Å². The molecule has 0 saturated carbocycles. The van der Waals surface area contributed by atoms with Crippen LogP contribution in [0.2, 0.25) is 0 Å². The largest absolute Gasteiger partial charge is 0.127 e. The Kier molecular flexibility index (Phi) is 7.58. The van der Waals surface area contributed by atoms with Crippen molar-refractivity contribution in [1.82, 2.24) is 0 Å². The van der Waals surface area contributed by atoms with Crippen LogP contribution in [0.25, 0.3) is 0 Å². The van der Waals surface area contributed by atoms with E-state index >= 15 is 0 Å². The van der Waals surface area contributed by atoms with Gasteiger partial charge in [0.25, 0.3) is 0 Å². The Bertz CT molecular complexity index is 278. The Morgan fingerprint density at radius 2 is 1.80 bits per heavy atom. The van der Waals surface area contributed by atoms with E-state index in [2.05, 4.69) is 40.2 Å². The summed E-state index contributed by atoms with van der Waals surface area (Å²) in [4.78, 5) is 1.34. The van der Waals surface area contributed by atoms with Gasteiger partial charge in [-0.05, 0) is 46.7 Å². The average Bonchev–Trinajstić information content (AvgIpc) is 2.25. The fourth-order valence-corrected chi connectivity index (χ4v) is 3.06. The SMILES string of the molecule is ClCCCCCCSc1ccccc1Br. The van der Waals surface area contributed by atoms with Crippen molar-refractivity contribution < 1.29 is 0 Å². The van der Waals surface area contributed by atoms with Crippen LogP contribution in [0, 0.1) is 0 Å². The molecule has 0 unspecified atom stereocenters. The highest BCUT2D eigenvalue weighted by atomic mass is 79.9. The van der Waals surface area contributed by atoms with Crippen LogP contribution in [0.3, 0.4) is 0 Å². The van der Waals surface area contributed by atoms with Gasteiger partial charge in [0.05, 0.1) is 0 Å². The third kappa shape index (κ3) is 5.84. The molecule has 0 spiro atoms. The second-order valence-electron chi connectivity index (χ2n) is 3.38. The number of rotatable bonds is 7. The van der Waals surface area contributed by atoms with Crippen LogP contribution in [0.15, 0.2) is 33.6 Å². The zero-order valence-electron chi connectivity index (χ0n) is 8.72. The highest BCUT2D eigenvalue weighted by Gasteiger charge is 1.98. The predicted molar refractivity (Wildman–Crippen MR) is 74.1 cm³/mol. The molecule has 0 amide bonds. The van der Waals surface area contributed by atoms with Crippen molar-refractivity contribution in [3.05, 3.63) is 28.7 Å². The van der Waals surface area contributed by atoms with Crippen LogP contribution in [0.4, 0.5) is 0 Å². The molecule has 0 N–H and O–H groups in total. The number of hydrogen-bond donors (Lipinski definition) is 0. The van der Waals surface area contributed by atoms with Crippen molar-refractivity contribution in [3.8, 4) is 0 Å². The molecular formula is C12H16BrClS. The Labute approximate surface area is 110 Å². The quantitative estimate of drug-likeness (QED) is 0.372. The summed E-state index contributed by atoms with van der Waals surface area (Å²) in [7, 11) is 0. The number of thioether (sulfide) groups is 1. The Morgan fingerprint density at radius 1 is 1.07 bits per heavy atom. The molecule has 84 valence electrons. The zero-order valence-corrected chi connectivity index (χ0v) is 11.9. The standard InChI is InChI=1S/C12H16BrClS/c13-11-7-3-4-8-12(11)15-10-6-2-1-5-9-14/h3-4,7-8H,1-2,5-6,9-10H2. The van der Waals surface area contributed by atoms with Gasteiger partial charge in [0.15, 0.2) is 0 Å². The Hall–Kier alpha value is 0.340. The minimum atomic E-state index is 0.803. The van der Waals surface area contributed by atoms with Crippen molar-refractivity contribution in [2.24, 2.45) is 0 Å². The zero-order chi connectivity index (χ0) is 10.9. The second-order valence-corrected chi connectivity index (χ2v) is 5.75. The maximum Gasteiger partial charge on any atom is 0.0311 e. The molecule has 1 aromatic rings. The topological polar surface area (TPSA) is 0 Å². The summed E-state index contributed by atoms with van der Waals surface area (Å²) >= 11 is 11.1. The van der Waals surface area contributed by atoms with Crippen LogP contribution in [-0.4, -0.2) is 11.6 Å². The first-order valence-corrected chi connectivity index (χ1v) is 7.59. The normalized spacial score (nSPS) is 10.5. The van der Waals surface area contributed by atoms with Gasteiger partial charge in [0.1, 0.15) is 0 Å². The van der Waals surface area contributed by atoms with Gasteiger partial charge in [-0.1, -0.05) is 25.0 Å². The van der Waals surface area contributed by atoms with Crippen molar-refractivity contribution in [1.29, 1.82) is 0 Å². The molecule has 1 rings (SSSR count). The van der Waals surface area contributed by atoms with Gasteiger partial charge in [-0.2, -0.15) is 0 Å². The third-order valence-electron chi connectivity index (χ3n) is 2.12. The highest BCUT2D eigenvalue weighted by Crippen LogP contribution is 2.27. The van der Waals surface area contributed by atoms with Crippen molar-refractivity contribution in [2.75, 3.05) is 11.6 Å².